The smallest absolute Gasteiger partial charge is 0.119 e. The van der Waals surface area contributed by atoms with Crippen LogP contribution in [0.15, 0.2) is 24.3 Å². The Hall–Kier alpha value is -1.06. The number of hydrogen-bond donors (Lipinski definition) is 2. The van der Waals surface area contributed by atoms with Gasteiger partial charge in [0.05, 0.1) is 12.7 Å². The van der Waals surface area contributed by atoms with Gasteiger partial charge in [0.25, 0.3) is 0 Å². The molecule has 118 valence electrons. The van der Waals surface area contributed by atoms with Gasteiger partial charge in [-0.25, -0.2) is 0 Å². The first-order chi connectivity index (χ1) is 10.3. The molecule has 3 heteroatoms. The molecule has 3 nitrogen and oxygen atoms in total. The molecule has 0 spiro atoms. The van der Waals surface area contributed by atoms with E-state index in [0.29, 0.717) is 6.04 Å². The summed E-state index contributed by atoms with van der Waals surface area (Å²) in [6.07, 6.45) is 7.62. The Labute approximate surface area is 128 Å². The van der Waals surface area contributed by atoms with Crippen molar-refractivity contribution in [2.45, 2.75) is 70.6 Å². The molecule has 2 rings (SSSR count). The number of nitrogens with one attached hydrogen (secondary N) is 1. The Morgan fingerprint density at radius 2 is 2.00 bits per heavy atom. The predicted molar refractivity (Wildman–Crippen MR) is 86.6 cm³/mol. The summed E-state index contributed by atoms with van der Waals surface area (Å²) in [5.41, 5.74) is 1.27. The minimum atomic E-state index is -0.116. The lowest BCUT2D eigenvalue weighted by atomic mass is 9.93. The van der Waals surface area contributed by atoms with Gasteiger partial charge in [-0.2, -0.15) is 0 Å². The first-order valence-electron chi connectivity index (χ1n) is 8.41. The number of ether oxygens (including phenoxy) is 1. The summed E-state index contributed by atoms with van der Waals surface area (Å²) in [6, 6.07) is 8.82. The minimum absolute atomic E-state index is 0.116. The molecule has 1 aliphatic rings. The van der Waals surface area contributed by atoms with Crippen LogP contribution in [0, 0.1) is 0 Å². The van der Waals surface area contributed by atoms with E-state index in [4.69, 9.17) is 4.74 Å². The fourth-order valence-electron chi connectivity index (χ4n) is 2.86. The molecule has 1 fully saturated rings. The Morgan fingerprint density at radius 3 is 2.71 bits per heavy atom. The second-order valence-corrected chi connectivity index (χ2v) is 6.10. The number of aliphatic hydroxyl groups is 1. The van der Waals surface area contributed by atoms with Crippen LogP contribution in [0.3, 0.4) is 0 Å². The molecule has 0 heterocycles. The number of rotatable bonds is 8. The molecule has 0 bridgehead atoms. The zero-order valence-electron chi connectivity index (χ0n) is 13.2. The van der Waals surface area contributed by atoms with Gasteiger partial charge in [-0.1, -0.05) is 31.9 Å². The molecular formula is C18H29NO2. The quantitative estimate of drug-likeness (QED) is 0.718. The normalized spacial score (nSPS) is 22.2. The van der Waals surface area contributed by atoms with E-state index >= 15 is 0 Å². The average molecular weight is 291 g/mol. The van der Waals surface area contributed by atoms with Gasteiger partial charge < -0.3 is 15.2 Å². The molecule has 2 unspecified atom stereocenters. The lowest BCUT2D eigenvalue weighted by Gasteiger charge is -2.26. The summed E-state index contributed by atoms with van der Waals surface area (Å²) < 4.78 is 5.72. The highest BCUT2D eigenvalue weighted by atomic mass is 16.5. The van der Waals surface area contributed by atoms with Crippen molar-refractivity contribution in [3.63, 3.8) is 0 Å². The second kappa shape index (κ2) is 9.06. The van der Waals surface area contributed by atoms with E-state index in [1.54, 1.807) is 0 Å². The van der Waals surface area contributed by atoms with E-state index in [-0.39, 0.29) is 6.10 Å². The number of unbranched alkanes of at least 4 members (excludes halogenated alkanes) is 2. The monoisotopic (exact) mass is 291 g/mol. The minimum Gasteiger partial charge on any atom is -0.494 e. The Balaban J connectivity index is 1.69. The van der Waals surface area contributed by atoms with Gasteiger partial charge in [0, 0.05) is 12.6 Å². The molecule has 0 aromatic heterocycles. The predicted octanol–water partition coefficient (Wildman–Crippen LogP) is 3.65. The third-order valence-electron chi connectivity index (χ3n) is 4.18. The molecule has 0 aliphatic heterocycles. The molecular weight excluding hydrogens is 262 g/mol. The lowest BCUT2D eigenvalue weighted by Crippen LogP contribution is -2.35. The van der Waals surface area contributed by atoms with E-state index in [9.17, 15) is 5.11 Å². The van der Waals surface area contributed by atoms with Gasteiger partial charge in [0.2, 0.25) is 0 Å². The fourth-order valence-corrected chi connectivity index (χ4v) is 2.86. The highest BCUT2D eigenvalue weighted by Crippen LogP contribution is 2.19. The van der Waals surface area contributed by atoms with Crippen molar-refractivity contribution in [1.29, 1.82) is 0 Å². The summed E-state index contributed by atoms with van der Waals surface area (Å²) in [4.78, 5) is 0. The van der Waals surface area contributed by atoms with E-state index in [1.807, 2.05) is 0 Å². The van der Waals surface area contributed by atoms with Crippen LogP contribution in [0.2, 0.25) is 0 Å². The third kappa shape index (κ3) is 6.06. The maximum atomic E-state index is 9.68. The van der Waals surface area contributed by atoms with Gasteiger partial charge in [-0.15, -0.1) is 0 Å². The number of hydrogen-bond acceptors (Lipinski definition) is 3. The SMILES string of the molecule is CCCCCOc1ccc(CNC2CCCC(O)C2)cc1. The van der Waals surface area contributed by atoms with Crippen LogP contribution in [-0.4, -0.2) is 23.9 Å². The molecule has 1 saturated carbocycles. The van der Waals surface area contributed by atoms with Crippen LogP contribution in [0.25, 0.3) is 0 Å². The van der Waals surface area contributed by atoms with E-state index in [2.05, 4.69) is 36.5 Å². The molecule has 2 atom stereocenters. The molecule has 2 N–H and O–H groups in total. The van der Waals surface area contributed by atoms with E-state index < -0.39 is 0 Å². The molecule has 1 aromatic carbocycles. The molecule has 0 saturated heterocycles. The maximum Gasteiger partial charge on any atom is 0.119 e. The summed E-state index contributed by atoms with van der Waals surface area (Å²) in [7, 11) is 0. The Morgan fingerprint density at radius 1 is 1.19 bits per heavy atom. The highest BCUT2D eigenvalue weighted by Gasteiger charge is 2.19. The van der Waals surface area contributed by atoms with Crippen LogP contribution in [0.1, 0.15) is 57.4 Å². The second-order valence-electron chi connectivity index (χ2n) is 6.10. The largest absolute Gasteiger partial charge is 0.494 e. The standard InChI is InChI=1S/C18H29NO2/c1-2-3-4-12-21-18-10-8-15(9-11-18)14-19-16-6-5-7-17(20)13-16/h8-11,16-17,19-20H,2-7,12-14H2,1H3. The topological polar surface area (TPSA) is 41.5 Å². The fraction of sp³-hybridized carbons (Fsp3) is 0.667. The first kappa shape index (κ1) is 16.3. The highest BCUT2D eigenvalue weighted by molar-refractivity contribution is 5.27. The van der Waals surface area contributed by atoms with Crippen LogP contribution < -0.4 is 10.1 Å². The number of benzene rings is 1. The Bertz CT molecular complexity index is 391. The van der Waals surface area contributed by atoms with Crippen LogP contribution in [0.4, 0.5) is 0 Å². The van der Waals surface area contributed by atoms with Crippen LogP contribution in [0.5, 0.6) is 5.75 Å². The zero-order chi connectivity index (χ0) is 14.9. The zero-order valence-corrected chi connectivity index (χ0v) is 13.2. The van der Waals surface area contributed by atoms with Crippen molar-refractivity contribution in [3.05, 3.63) is 29.8 Å². The molecule has 1 aliphatic carbocycles. The third-order valence-corrected chi connectivity index (χ3v) is 4.18. The van der Waals surface area contributed by atoms with Gasteiger partial charge >= 0.3 is 0 Å². The first-order valence-corrected chi connectivity index (χ1v) is 8.41. The Kier molecular flexibility index (Phi) is 7.04. The van der Waals surface area contributed by atoms with Crippen LogP contribution >= 0.6 is 0 Å². The summed E-state index contributed by atoms with van der Waals surface area (Å²) in [5, 5.41) is 13.2. The van der Waals surface area contributed by atoms with Gasteiger partial charge in [0.15, 0.2) is 0 Å². The lowest BCUT2D eigenvalue weighted by molar-refractivity contribution is 0.111. The molecule has 1 aromatic rings. The maximum absolute atomic E-state index is 9.68. The molecule has 0 amide bonds. The van der Waals surface area contributed by atoms with Crippen molar-refractivity contribution in [3.8, 4) is 5.75 Å². The van der Waals surface area contributed by atoms with E-state index in [1.165, 1.54) is 24.8 Å². The summed E-state index contributed by atoms with van der Waals surface area (Å²) in [5.74, 6) is 0.961. The van der Waals surface area contributed by atoms with Crippen molar-refractivity contribution >= 4 is 0 Å². The van der Waals surface area contributed by atoms with Gasteiger partial charge in [-0.3, -0.25) is 0 Å². The van der Waals surface area contributed by atoms with Crippen molar-refractivity contribution in [2.24, 2.45) is 0 Å². The van der Waals surface area contributed by atoms with Crippen molar-refractivity contribution in [1.82, 2.24) is 5.32 Å². The van der Waals surface area contributed by atoms with Gasteiger partial charge in [0.1, 0.15) is 5.75 Å². The molecule has 21 heavy (non-hydrogen) atoms. The van der Waals surface area contributed by atoms with Crippen molar-refractivity contribution < 1.29 is 9.84 Å². The average Bonchev–Trinajstić information content (AvgIpc) is 2.51. The number of aliphatic hydroxyl groups excluding tert-OH is 1. The van der Waals surface area contributed by atoms with Crippen LogP contribution in [-0.2, 0) is 6.54 Å². The summed E-state index contributed by atoms with van der Waals surface area (Å²) in [6.45, 7) is 3.88. The van der Waals surface area contributed by atoms with Crippen molar-refractivity contribution in [2.75, 3.05) is 6.61 Å². The van der Waals surface area contributed by atoms with E-state index in [0.717, 1.165) is 44.6 Å². The molecule has 0 radical (unpaired) electrons. The summed E-state index contributed by atoms with van der Waals surface area (Å²) >= 11 is 0. The van der Waals surface area contributed by atoms with Gasteiger partial charge in [-0.05, 0) is 49.8 Å².